The Morgan fingerprint density at radius 3 is 1.71 bits per heavy atom. The SMILES string of the molecule is C.C.C[Si](C)(O)O[Si](C)(C)O[Si](C)(C)O[Si](O)(O)CCCNCN. The third-order valence-corrected chi connectivity index (χ3v) is 14.6. The van der Waals surface area contributed by atoms with Gasteiger partial charge in [-0.3, -0.25) is 0 Å². The second-order valence-corrected chi connectivity index (χ2v) is 19.5. The monoisotopic (exact) mass is 420 g/mol. The van der Waals surface area contributed by atoms with E-state index in [0.29, 0.717) is 19.6 Å². The Labute approximate surface area is 152 Å². The van der Waals surface area contributed by atoms with Gasteiger partial charge in [-0.15, -0.1) is 0 Å². The van der Waals surface area contributed by atoms with Crippen molar-refractivity contribution in [3.63, 3.8) is 0 Å². The normalized spacial score (nSPS) is 13.2. The van der Waals surface area contributed by atoms with E-state index in [1.165, 1.54) is 0 Å². The van der Waals surface area contributed by atoms with Gasteiger partial charge in [-0.1, -0.05) is 14.9 Å². The molecule has 0 aromatic heterocycles. The molecular formula is C12H40N2O6Si4. The molecule has 6 N–H and O–H groups in total. The van der Waals surface area contributed by atoms with E-state index in [9.17, 15) is 14.4 Å². The lowest BCUT2D eigenvalue weighted by molar-refractivity contribution is 0.203. The first kappa shape index (κ1) is 29.3. The first-order valence-electron chi connectivity index (χ1n) is 7.36. The van der Waals surface area contributed by atoms with Crippen LogP contribution in [0.1, 0.15) is 21.3 Å². The maximum Gasteiger partial charge on any atom is 0.486 e. The van der Waals surface area contributed by atoms with Gasteiger partial charge in [0.2, 0.25) is 0 Å². The molecule has 0 fully saturated rings. The molecule has 0 aromatic rings. The average Bonchev–Trinajstić information content (AvgIpc) is 2.16. The van der Waals surface area contributed by atoms with Crippen LogP contribution in [-0.4, -0.2) is 62.1 Å². The van der Waals surface area contributed by atoms with Gasteiger partial charge in [-0.2, -0.15) is 0 Å². The molecule has 0 atom stereocenters. The number of nitrogens with two attached hydrogens (primary N) is 1. The molecule has 0 unspecified atom stereocenters. The van der Waals surface area contributed by atoms with Crippen molar-refractivity contribution in [1.82, 2.24) is 5.32 Å². The fraction of sp³-hybridized carbons (Fsp3) is 1.00. The predicted molar refractivity (Wildman–Crippen MR) is 108 cm³/mol. The summed E-state index contributed by atoms with van der Waals surface area (Å²) in [7, 11) is -11.9. The van der Waals surface area contributed by atoms with Gasteiger partial charge >= 0.3 is 34.5 Å². The molecule has 12 heteroatoms. The Morgan fingerprint density at radius 2 is 1.29 bits per heavy atom. The van der Waals surface area contributed by atoms with Gasteiger partial charge in [0, 0.05) is 12.7 Å². The van der Waals surface area contributed by atoms with Crippen LogP contribution in [0.4, 0.5) is 0 Å². The standard InChI is InChI=1S/C10H32N2O6Si4.2CH4/c1-19(2,13)16-20(3,4)17-21(5,6)18-22(14,15)9-7-8-12-10-11;;/h12-15H,7-11H2,1-6H3;2*1H4. The van der Waals surface area contributed by atoms with Crippen LogP contribution in [0.2, 0.25) is 45.3 Å². The van der Waals surface area contributed by atoms with Gasteiger partial charge < -0.3 is 37.8 Å². The second-order valence-electron chi connectivity index (χ2n) is 6.60. The Morgan fingerprint density at radius 1 is 0.833 bits per heavy atom. The minimum Gasteiger partial charge on any atom is -0.416 e. The topological polar surface area (TPSA) is 126 Å². The van der Waals surface area contributed by atoms with Crippen LogP contribution >= 0.6 is 0 Å². The first-order chi connectivity index (χ1) is 9.68. The molecule has 0 aromatic carbocycles. The summed E-state index contributed by atoms with van der Waals surface area (Å²) < 4.78 is 17.2. The summed E-state index contributed by atoms with van der Waals surface area (Å²) in [5.41, 5.74) is 5.30. The molecule has 8 nitrogen and oxygen atoms in total. The molecule has 0 bridgehead atoms. The lowest BCUT2D eigenvalue weighted by Gasteiger charge is -2.37. The fourth-order valence-corrected chi connectivity index (χ4v) is 17.1. The van der Waals surface area contributed by atoms with E-state index in [2.05, 4.69) is 5.32 Å². The molecule has 150 valence electrons. The van der Waals surface area contributed by atoms with Gasteiger partial charge in [0.05, 0.1) is 0 Å². The Bertz CT molecular complexity index is 340. The number of hydrogen-bond acceptors (Lipinski definition) is 8. The molecule has 0 aliphatic carbocycles. The van der Waals surface area contributed by atoms with Gasteiger partial charge in [0.25, 0.3) is 0 Å². The second kappa shape index (κ2) is 11.3. The molecule has 0 spiro atoms. The zero-order valence-corrected chi connectivity index (χ0v) is 18.5. The van der Waals surface area contributed by atoms with Crippen molar-refractivity contribution >= 4 is 34.5 Å². The predicted octanol–water partition coefficient (Wildman–Crippen LogP) is 1.23. The highest BCUT2D eigenvalue weighted by Crippen LogP contribution is 2.23. The van der Waals surface area contributed by atoms with E-state index < -0.39 is 34.5 Å². The number of nitrogens with one attached hydrogen (secondary N) is 1. The molecule has 0 saturated carbocycles. The smallest absolute Gasteiger partial charge is 0.416 e. The Kier molecular flexibility index (Phi) is 13.8. The summed E-state index contributed by atoms with van der Waals surface area (Å²) in [5.74, 6) is 0. The minimum absolute atomic E-state index is 0. The zero-order valence-electron chi connectivity index (χ0n) is 14.5. The summed E-state index contributed by atoms with van der Waals surface area (Å²) in [6.07, 6.45) is 0.564. The average molecular weight is 421 g/mol. The lowest BCUT2D eigenvalue weighted by atomic mass is 10.5. The molecule has 0 aliphatic heterocycles. The summed E-state index contributed by atoms with van der Waals surface area (Å²) >= 11 is 0. The lowest BCUT2D eigenvalue weighted by Crippen LogP contribution is -2.58. The third kappa shape index (κ3) is 16.0. The maximum absolute atomic E-state index is 10.1. The highest BCUT2D eigenvalue weighted by molar-refractivity contribution is 6.86. The highest BCUT2D eigenvalue weighted by Gasteiger charge is 2.46. The van der Waals surface area contributed by atoms with Crippen LogP contribution in [0.25, 0.3) is 0 Å². The molecular weight excluding hydrogens is 380 g/mol. The van der Waals surface area contributed by atoms with Gasteiger partial charge in [0.1, 0.15) is 0 Å². The molecule has 0 heterocycles. The molecule has 0 rings (SSSR count). The Hall–Kier alpha value is 0.548. The van der Waals surface area contributed by atoms with Crippen LogP contribution in [0, 0.1) is 0 Å². The summed E-state index contributed by atoms with van der Waals surface area (Å²) in [6.45, 7) is 11.4. The van der Waals surface area contributed by atoms with Crippen molar-refractivity contribution in [1.29, 1.82) is 0 Å². The quantitative estimate of drug-likeness (QED) is 0.192. The van der Waals surface area contributed by atoms with Crippen molar-refractivity contribution in [2.45, 2.75) is 66.6 Å². The maximum atomic E-state index is 10.1. The van der Waals surface area contributed by atoms with E-state index >= 15 is 0 Å². The van der Waals surface area contributed by atoms with Crippen LogP contribution in [-0.2, 0) is 12.3 Å². The largest absolute Gasteiger partial charge is 0.486 e. The molecule has 0 amide bonds. The van der Waals surface area contributed by atoms with E-state index in [1.807, 2.05) is 13.1 Å². The summed E-state index contributed by atoms with van der Waals surface area (Å²) in [5, 5.41) is 2.91. The van der Waals surface area contributed by atoms with E-state index in [1.54, 1.807) is 26.2 Å². The highest BCUT2D eigenvalue weighted by atomic mass is 28.5. The van der Waals surface area contributed by atoms with Crippen molar-refractivity contribution in [2.75, 3.05) is 13.2 Å². The molecule has 0 saturated heterocycles. The Balaban J connectivity index is -0.00000220. The third-order valence-electron chi connectivity index (χ3n) is 2.40. The van der Waals surface area contributed by atoms with E-state index in [4.69, 9.17) is 18.1 Å². The zero-order chi connectivity index (χ0) is 17.7. The van der Waals surface area contributed by atoms with E-state index in [-0.39, 0.29) is 20.9 Å². The van der Waals surface area contributed by atoms with Gasteiger partial charge in [-0.25, -0.2) is 0 Å². The van der Waals surface area contributed by atoms with Crippen molar-refractivity contribution in [3.8, 4) is 0 Å². The van der Waals surface area contributed by atoms with Gasteiger partial charge in [0.15, 0.2) is 0 Å². The van der Waals surface area contributed by atoms with Crippen molar-refractivity contribution < 1.29 is 26.7 Å². The van der Waals surface area contributed by atoms with Crippen LogP contribution in [0.3, 0.4) is 0 Å². The molecule has 0 aliphatic rings. The molecule has 24 heavy (non-hydrogen) atoms. The van der Waals surface area contributed by atoms with Crippen molar-refractivity contribution in [3.05, 3.63) is 0 Å². The van der Waals surface area contributed by atoms with Crippen LogP contribution < -0.4 is 11.1 Å². The van der Waals surface area contributed by atoms with Crippen LogP contribution in [0.15, 0.2) is 0 Å². The first-order valence-corrected chi connectivity index (χ1v) is 17.9. The molecule has 0 radical (unpaired) electrons. The van der Waals surface area contributed by atoms with E-state index in [0.717, 1.165) is 0 Å². The van der Waals surface area contributed by atoms with Gasteiger partial charge in [-0.05, 0) is 52.2 Å². The number of hydrogen-bond donors (Lipinski definition) is 5. The summed E-state index contributed by atoms with van der Waals surface area (Å²) in [6, 6.07) is 0.183. The van der Waals surface area contributed by atoms with Crippen molar-refractivity contribution in [2.24, 2.45) is 5.73 Å². The van der Waals surface area contributed by atoms with Crippen LogP contribution in [0.5, 0.6) is 0 Å². The summed E-state index contributed by atoms with van der Waals surface area (Å²) in [4.78, 5) is 30.0. The minimum atomic E-state index is -3.78. The number of rotatable bonds is 11. The fourth-order valence-electron chi connectivity index (χ4n) is 2.23.